The van der Waals surface area contributed by atoms with Crippen LogP contribution in [0.1, 0.15) is 40.2 Å². The lowest BCUT2D eigenvalue weighted by molar-refractivity contribution is -0.130. The molecule has 0 saturated heterocycles. The van der Waals surface area contributed by atoms with E-state index < -0.39 is 29.2 Å². The number of ether oxygens (including phenoxy) is 1. The van der Waals surface area contributed by atoms with Crippen LogP contribution < -0.4 is 16.0 Å². The van der Waals surface area contributed by atoms with Crippen LogP contribution in [0.25, 0.3) is 10.9 Å². The Morgan fingerprint density at radius 2 is 1.59 bits per heavy atom. The van der Waals surface area contributed by atoms with Crippen molar-refractivity contribution in [2.75, 3.05) is 5.32 Å². The van der Waals surface area contributed by atoms with Gasteiger partial charge in [-0.1, -0.05) is 36.4 Å². The Kier molecular flexibility index (Phi) is 7.29. The Bertz CT molecular complexity index is 1160. The highest BCUT2D eigenvalue weighted by Crippen LogP contribution is 2.20. The maximum Gasteiger partial charge on any atom is 0.408 e. The number of H-pyrrole nitrogens is 1. The van der Waals surface area contributed by atoms with Gasteiger partial charge in [-0.05, 0) is 58.4 Å². The predicted octanol–water partition coefficient (Wildman–Crippen LogP) is 4.14. The second kappa shape index (κ2) is 9.99. The number of anilines is 1. The highest BCUT2D eigenvalue weighted by Gasteiger charge is 2.34. The number of fused-ring (bicyclic) bond motifs is 1. The zero-order valence-corrected chi connectivity index (χ0v) is 20.2. The lowest BCUT2D eigenvalue weighted by Crippen LogP contribution is -2.59. The Balaban J connectivity index is 1.80. The number of hydrogen-bond acceptors (Lipinski definition) is 4. The molecule has 3 aromatic rings. The fourth-order valence-corrected chi connectivity index (χ4v) is 3.43. The van der Waals surface area contributed by atoms with Gasteiger partial charge in [0.25, 0.3) is 0 Å². The van der Waals surface area contributed by atoms with Gasteiger partial charge in [-0.25, -0.2) is 4.79 Å². The summed E-state index contributed by atoms with van der Waals surface area (Å²) >= 11 is 0. The molecule has 0 saturated carbocycles. The summed E-state index contributed by atoms with van der Waals surface area (Å²) in [6, 6.07) is 15.9. The minimum absolute atomic E-state index is 0.261. The molecule has 4 N–H and O–H groups in total. The molecule has 1 aromatic heterocycles. The van der Waals surface area contributed by atoms with E-state index in [1.165, 1.54) is 0 Å². The second-order valence-electron chi connectivity index (χ2n) is 9.70. The van der Waals surface area contributed by atoms with Gasteiger partial charge in [0.05, 0.1) is 0 Å². The molecule has 0 bridgehead atoms. The molecule has 34 heavy (non-hydrogen) atoms. The molecule has 0 unspecified atom stereocenters. The first-order valence-electron chi connectivity index (χ1n) is 11.2. The highest BCUT2D eigenvalue weighted by atomic mass is 16.6. The molecule has 0 aliphatic carbocycles. The first-order chi connectivity index (χ1) is 15.9. The maximum absolute atomic E-state index is 13.2. The van der Waals surface area contributed by atoms with Crippen molar-refractivity contribution in [3.63, 3.8) is 0 Å². The third-order valence-electron chi connectivity index (χ3n) is 5.14. The number of alkyl carbamates (subject to hydrolysis) is 1. The molecular weight excluding hydrogens is 432 g/mol. The number of carbonyl (C=O) groups is 3. The molecule has 1 heterocycles. The van der Waals surface area contributed by atoms with Gasteiger partial charge in [-0.2, -0.15) is 0 Å². The topological polar surface area (TPSA) is 112 Å². The Morgan fingerprint density at radius 3 is 2.26 bits per heavy atom. The first-order valence-corrected chi connectivity index (χ1v) is 11.2. The number of hydrogen-bond donors (Lipinski definition) is 4. The van der Waals surface area contributed by atoms with Crippen molar-refractivity contribution in [1.82, 2.24) is 15.6 Å². The molecular formula is C26H32N4O4. The number of aromatic amines is 1. The van der Waals surface area contributed by atoms with E-state index >= 15 is 0 Å². The van der Waals surface area contributed by atoms with Crippen LogP contribution in [0.3, 0.4) is 0 Å². The molecule has 8 nitrogen and oxygen atoms in total. The number of benzene rings is 2. The molecule has 180 valence electrons. The SMILES string of the molecule is CC(C)(C)OC(=O)NC(C)(C)C(=O)N[C@@H](Cc1c[nH]c2ccccc12)C(=O)Nc1ccccc1. The van der Waals surface area contributed by atoms with Gasteiger partial charge < -0.3 is 25.7 Å². The number of para-hydroxylation sites is 2. The minimum atomic E-state index is -1.31. The van der Waals surface area contributed by atoms with Crippen LogP contribution in [0.4, 0.5) is 10.5 Å². The maximum atomic E-state index is 13.2. The van der Waals surface area contributed by atoms with E-state index in [0.29, 0.717) is 5.69 Å². The number of aromatic nitrogens is 1. The van der Waals surface area contributed by atoms with Gasteiger partial charge in [-0.3, -0.25) is 9.59 Å². The fraction of sp³-hybridized carbons (Fsp3) is 0.346. The van der Waals surface area contributed by atoms with Crippen LogP contribution in [0.15, 0.2) is 60.8 Å². The van der Waals surface area contributed by atoms with Gasteiger partial charge in [-0.15, -0.1) is 0 Å². The van der Waals surface area contributed by atoms with E-state index in [1.807, 2.05) is 48.7 Å². The number of carbonyl (C=O) groups excluding carboxylic acids is 3. The minimum Gasteiger partial charge on any atom is -0.444 e. The molecule has 8 heteroatoms. The summed E-state index contributed by atoms with van der Waals surface area (Å²) in [6.45, 7) is 8.34. The summed E-state index contributed by atoms with van der Waals surface area (Å²) in [5.41, 5.74) is 0.439. The summed E-state index contributed by atoms with van der Waals surface area (Å²) in [4.78, 5) is 41.8. The van der Waals surface area contributed by atoms with Crippen molar-refractivity contribution in [1.29, 1.82) is 0 Å². The Labute approximate surface area is 199 Å². The van der Waals surface area contributed by atoms with Crippen LogP contribution in [-0.4, -0.2) is 40.1 Å². The van der Waals surface area contributed by atoms with E-state index in [4.69, 9.17) is 4.74 Å². The lowest BCUT2D eigenvalue weighted by atomic mass is 10.0. The van der Waals surface area contributed by atoms with E-state index in [1.54, 1.807) is 46.8 Å². The largest absolute Gasteiger partial charge is 0.444 e. The molecule has 0 spiro atoms. The normalized spacial score (nSPS) is 12.6. The van der Waals surface area contributed by atoms with Crippen molar-refractivity contribution in [3.8, 4) is 0 Å². The van der Waals surface area contributed by atoms with E-state index in [2.05, 4.69) is 20.9 Å². The van der Waals surface area contributed by atoms with E-state index in [0.717, 1.165) is 16.5 Å². The zero-order valence-electron chi connectivity index (χ0n) is 20.2. The number of rotatable bonds is 7. The third kappa shape index (κ3) is 6.60. The van der Waals surface area contributed by atoms with E-state index in [-0.39, 0.29) is 12.3 Å². The Morgan fingerprint density at radius 1 is 0.941 bits per heavy atom. The molecule has 2 aromatic carbocycles. The van der Waals surface area contributed by atoms with Gasteiger partial charge in [0.15, 0.2) is 0 Å². The standard InChI is InChI=1S/C26H32N4O4/c1-25(2,3)34-24(33)30-26(4,5)23(32)29-21(22(31)28-18-11-7-6-8-12-18)15-17-16-27-20-14-10-9-13-19(17)20/h6-14,16,21,27H,15H2,1-5H3,(H,28,31)(H,29,32)(H,30,33)/t21-/m0/s1. The van der Waals surface area contributed by atoms with Crippen LogP contribution in [0.2, 0.25) is 0 Å². The zero-order chi connectivity index (χ0) is 24.9. The lowest BCUT2D eigenvalue weighted by Gasteiger charge is -2.29. The van der Waals surface area contributed by atoms with Crippen LogP contribution in [0.5, 0.6) is 0 Å². The summed E-state index contributed by atoms with van der Waals surface area (Å²) in [5, 5.41) is 9.23. The molecule has 1 atom stereocenters. The van der Waals surface area contributed by atoms with Gasteiger partial charge in [0.1, 0.15) is 17.2 Å². The average molecular weight is 465 g/mol. The second-order valence-corrected chi connectivity index (χ2v) is 9.70. The predicted molar refractivity (Wildman–Crippen MR) is 132 cm³/mol. The molecule has 0 radical (unpaired) electrons. The molecule has 0 fully saturated rings. The summed E-state index contributed by atoms with van der Waals surface area (Å²) in [7, 11) is 0. The van der Waals surface area contributed by atoms with Crippen LogP contribution in [-0.2, 0) is 20.7 Å². The van der Waals surface area contributed by atoms with Crippen molar-refractivity contribution in [2.45, 2.75) is 58.2 Å². The van der Waals surface area contributed by atoms with Crippen molar-refractivity contribution >= 4 is 34.5 Å². The number of nitrogens with one attached hydrogen (secondary N) is 4. The summed E-state index contributed by atoms with van der Waals surface area (Å²) in [6.07, 6.45) is 1.38. The third-order valence-corrected chi connectivity index (χ3v) is 5.14. The average Bonchev–Trinajstić information content (AvgIpc) is 3.15. The van der Waals surface area contributed by atoms with Crippen molar-refractivity contribution in [3.05, 3.63) is 66.4 Å². The van der Waals surface area contributed by atoms with Crippen molar-refractivity contribution < 1.29 is 19.1 Å². The number of amides is 3. The molecule has 0 aliphatic rings. The monoisotopic (exact) mass is 464 g/mol. The Hall–Kier alpha value is -3.81. The molecule has 3 rings (SSSR count). The summed E-state index contributed by atoms with van der Waals surface area (Å²) in [5.74, 6) is -0.871. The smallest absolute Gasteiger partial charge is 0.408 e. The quantitative estimate of drug-likeness (QED) is 0.421. The fourth-order valence-electron chi connectivity index (χ4n) is 3.43. The highest BCUT2D eigenvalue weighted by molar-refractivity contribution is 5.99. The van der Waals surface area contributed by atoms with Gasteiger partial charge >= 0.3 is 6.09 Å². The van der Waals surface area contributed by atoms with Crippen molar-refractivity contribution in [2.24, 2.45) is 0 Å². The molecule has 0 aliphatic heterocycles. The van der Waals surface area contributed by atoms with Crippen LogP contribution >= 0.6 is 0 Å². The molecule has 3 amide bonds. The summed E-state index contributed by atoms with van der Waals surface area (Å²) < 4.78 is 5.28. The van der Waals surface area contributed by atoms with E-state index in [9.17, 15) is 14.4 Å². The first kappa shape index (κ1) is 24.8. The van der Waals surface area contributed by atoms with Crippen LogP contribution in [0, 0.1) is 0 Å². The van der Waals surface area contributed by atoms with Gasteiger partial charge in [0, 0.05) is 29.2 Å². The van der Waals surface area contributed by atoms with Gasteiger partial charge in [0.2, 0.25) is 11.8 Å².